The Morgan fingerprint density at radius 2 is 1.58 bits per heavy atom. The van der Waals surface area contributed by atoms with Gasteiger partial charge in [0.25, 0.3) is 0 Å². The van der Waals surface area contributed by atoms with Crippen LogP contribution in [0.15, 0.2) is 0 Å². The van der Waals surface area contributed by atoms with Gasteiger partial charge in [-0.05, 0) is 19.5 Å². The Kier molecular flexibility index (Phi) is 4.17. The van der Waals surface area contributed by atoms with Gasteiger partial charge in [-0.1, -0.05) is 20.8 Å². The van der Waals surface area contributed by atoms with Crippen LogP contribution in [0.1, 0.15) is 20.8 Å². The van der Waals surface area contributed by atoms with Crippen molar-refractivity contribution >= 4 is 0 Å². The summed E-state index contributed by atoms with van der Waals surface area (Å²) in [6, 6.07) is 0. The Balaban J connectivity index is 4.01. The first-order valence-corrected chi connectivity index (χ1v) is 4.26. The molecule has 0 aromatic carbocycles. The highest BCUT2D eigenvalue weighted by atomic mass is 16.3. The maximum Gasteiger partial charge on any atom is 0.0930 e. The molecule has 0 aliphatic rings. The minimum Gasteiger partial charge on any atom is -0.390 e. The third-order valence-corrected chi connectivity index (χ3v) is 1.80. The molecule has 0 bridgehead atoms. The summed E-state index contributed by atoms with van der Waals surface area (Å²) in [4.78, 5) is 1.86. The molecule has 12 heavy (non-hydrogen) atoms. The van der Waals surface area contributed by atoms with Crippen LogP contribution >= 0.6 is 0 Å². The molecule has 0 spiro atoms. The van der Waals surface area contributed by atoms with Crippen LogP contribution in [0.5, 0.6) is 0 Å². The highest BCUT2D eigenvalue weighted by molar-refractivity contribution is 4.80. The third-order valence-electron chi connectivity index (χ3n) is 1.80. The van der Waals surface area contributed by atoms with Crippen LogP contribution in [0.25, 0.3) is 0 Å². The van der Waals surface area contributed by atoms with Crippen molar-refractivity contribution in [3.8, 4) is 0 Å². The summed E-state index contributed by atoms with van der Waals surface area (Å²) in [5.74, 6) is 0. The molecule has 3 nitrogen and oxygen atoms in total. The first-order chi connectivity index (χ1) is 5.25. The monoisotopic (exact) mass is 175 g/mol. The fraction of sp³-hybridized carbons (Fsp3) is 1.00. The minimum atomic E-state index is -0.667. The van der Waals surface area contributed by atoms with Gasteiger partial charge in [0.2, 0.25) is 0 Å². The molecule has 0 aliphatic heterocycles. The highest BCUT2D eigenvalue weighted by Gasteiger charge is 2.29. The number of nitrogens with zero attached hydrogens (tertiary/aromatic N) is 1. The standard InChI is InChI=1S/C9H21NO2/c1-9(2,3)8(12)7(11)6-10(4)5/h7-8,11-12H,6H2,1-5H3. The van der Waals surface area contributed by atoms with Crippen molar-refractivity contribution in [1.82, 2.24) is 4.90 Å². The number of hydrogen-bond acceptors (Lipinski definition) is 3. The van der Waals surface area contributed by atoms with Gasteiger partial charge < -0.3 is 15.1 Å². The Hall–Kier alpha value is -0.120. The van der Waals surface area contributed by atoms with Crippen LogP contribution in [-0.2, 0) is 0 Å². The van der Waals surface area contributed by atoms with Crippen LogP contribution in [0.3, 0.4) is 0 Å². The average molecular weight is 175 g/mol. The maximum atomic E-state index is 9.63. The van der Waals surface area contributed by atoms with Gasteiger partial charge in [0.1, 0.15) is 0 Å². The first-order valence-electron chi connectivity index (χ1n) is 4.26. The molecule has 2 N–H and O–H groups in total. The van der Waals surface area contributed by atoms with E-state index < -0.39 is 12.2 Å². The predicted octanol–water partition coefficient (Wildman–Crippen LogP) is 0.316. The SMILES string of the molecule is CN(C)CC(O)C(O)C(C)(C)C. The first kappa shape index (κ1) is 11.9. The zero-order valence-corrected chi connectivity index (χ0v) is 8.70. The zero-order chi connectivity index (χ0) is 9.94. The van der Waals surface area contributed by atoms with E-state index in [4.69, 9.17) is 0 Å². The molecule has 2 unspecified atom stereocenters. The van der Waals surface area contributed by atoms with Crippen molar-refractivity contribution < 1.29 is 10.2 Å². The van der Waals surface area contributed by atoms with E-state index in [1.807, 2.05) is 39.8 Å². The zero-order valence-electron chi connectivity index (χ0n) is 8.70. The van der Waals surface area contributed by atoms with E-state index >= 15 is 0 Å². The Labute approximate surface area is 75.0 Å². The molecule has 0 heterocycles. The van der Waals surface area contributed by atoms with E-state index in [1.54, 1.807) is 0 Å². The van der Waals surface area contributed by atoms with Crippen molar-refractivity contribution in [2.45, 2.75) is 33.0 Å². The summed E-state index contributed by atoms with van der Waals surface area (Å²) in [7, 11) is 3.75. The van der Waals surface area contributed by atoms with E-state index in [1.165, 1.54) is 0 Å². The van der Waals surface area contributed by atoms with Gasteiger partial charge >= 0.3 is 0 Å². The van der Waals surface area contributed by atoms with E-state index in [0.717, 1.165) is 0 Å². The van der Waals surface area contributed by atoms with Crippen molar-refractivity contribution in [1.29, 1.82) is 0 Å². The molecule has 0 rings (SSSR count). The summed E-state index contributed by atoms with van der Waals surface area (Å²) < 4.78 is 0. The van der Waals surface area contributed by atoms with E-state index in [2.05, 4.69) is 0 Å². The van der Waals surface area contributed by atoms with Crippen LogP contribution in [0.4, 0.5) is 0 Å². The maximum absolute atomic E-state index is 9.63. The molecule has 0 radical (unpaired) electrons. The molecule has 74 valence electrons. The summed E-state index contributed by atoms with van der Waals surface area (Å²) in [6.07, 6.45) is -1.33. The van der Waals surface area contributed by atoms with Gasteiger partial charge in [0, 0.05) is 6.54 Å². The van der Waals surface area contributed by atoms with Gasteiger partial charge in [0.05, 0.1) is 12.2 Å². The molecule has 0 amide bonds. The Morgan fingerprint density at radius 3 is 1.83 bits per heavy atom. The van der Waals surface area contributed by atoms with Crippen molar-refractivity contribution in [2.75, 3.05) is 20.6 Å². The van der Waals surface area contributed by atoms with Crippen LogP contribution in [0.2, 0.25) is 0 Å². The minimum absolute atomic E-state index is 0.255. The molecule has 0 saturated carbocycles. The number of rotatable bonds is 3. The fourth-order valence-corrected chi connectivity index (χ4v) is 1.05. The molecule has 2 atom stereocenters. The van der Waals surface area contributed by atoms with Crippen LogP contribution in [-0.4, -0.2) is 48.0 Å². The lowest BCUT2D eigenvalue weighted by Gasteiger charge is -2.31. The predicted molar refractivity (Wildman–Crippen MR) is 50.0 cm³/mol. The van der Waals surface area contributed by atoms with Crippen molar-refractivity contribution in [3.63, 3.8) is 0 Å². The van der Waals surface area contributed by atoms with Gasteiger partial charge in [-0.25, -0.2) is 0 Å². The Morgan fingerprint density at radius 1 is 1.17 bits per heavy atom. The third kappa shape index (κ3) is 4.04. The lowest BCUT2D eigenvalue weighted by atomic mass is 9.86. The van der Waals surface area contributed by atoms with Crippen LogP contribution < -0.4 is 0 Å². The van der Waals surface area contributed by atoms with Gasteiger partial charge in [0.15, 0.2) is 0 Å². The summed E-state index contributed by atoms with van der Waals surface area (Å²) in [5, 5.41) is 19.2. The topological polar surface area (TPSA) is 43.7 Å². The lowest BCUT2D eigenvalue weighted by molar-refractivity contribution is -0.0523. The Bertz CT molecular complexity index is 129. The normalized spacial score (nSPS) is 18.0. The van der Waals surface area contributed by atoms with Gasteiger partial charge in [-0.3, -0.25) is 0 Å². The second kappa shape index (κ2) is 4.21. The molecule has 0 fully saturated rings. The lowest BCUT2D eigenvalue weighted by Crippen LogP contribution is -2.43. The van der Waals surface area contributed by atoms with Gasteiger partial charge in [-0.2, -0.15) is 0 Å². The van der Waals surface area contributed by atoms with Crippen molar-refractivity contribution in [2.24, 2.45) is 5.41 Å². The molecule has 0 aromatic heterocycles. The van der Waals surface area contributed by atoms with E-state index in [0.29, 0.717) is 6.54 Å². The summed E-state index contributed by atoms with van der Waals surface area (Å²) in [5.41, 5.74) is -0.255. The molecule has 0 aromatic rings. The average Bonchev–Trinajstić information content (AvgIpc) is 1.82. The van der Waals surface area contributed by atoms with Crippen LogP contribution in [0, 0.1) is 5.41 Å². The van der Waals surface area contributed by atoms with E-state index in [-0.39, 0.29) is 5.41 Å². The summed E-state index contributed by atoms with van der Waals surface area (Å²) >= 11 is 0. The fourth-order valence-electron chi connectivity index (χ4n) is 1.05. The number of likely N-dealkylation sites (N-methyl/N-ethyl adjacent to an activating group) is 1. The number of hydrogen-bond donors (Lipinski definition) is 2. The van der Waals surface area contributed by atoms with E-state index in [9.17, 15) is 10.2 Å². The molecule has 0 aliphatic carbocycles. The second-order valence-corrected chi connectivity index (χ2v) is 4.64. The molecular formula is C9H21NO2. The number of aliphatic hydroxyl groups is 2. The molecule has 3 heteroatoms. The second-order valence-electron chi connectivity index (χ2n) is 4.64. The number of aliphatic hydroxyl groups excluding tert-OH is 2. The quantitative estimate of drug-likeness (QED) is 0.649. The summed E-state index contributed by atoms with van der Waals surface area (Å²) in [6.45, 7) is 6.24. The smallest absolute Gasteiger partial charge is 0.0930 e. The highest BCUT2D eigenvalue weighted by Crippen LogP contribution is 2.21. The molecular weight excluding hydrogens is 154 g/mol. The van der Waals surface area contributed by atoms with Gasteiger partial charge in [-0.15, -0.1) is 0 Å². The largest absolute Gasteiger partial charge is 0.390 e. The molecule has 0 saturated heterocycles. The van der Waals surface area contributed by atoms with Crippen molar-refractivity contribution in [3.05, 3.63) is 0 Å².